The quantitative estimate of drug-likeness (QED) is 0.338. The highest BCUT2D eigenvalue weighted by Crippen LogP contribution is 2.38. The number of methoxy groups -OCH3 is 3. The van der Waals surface area contributed by atoms with E-state index in [2.05, 4.69) is 22.5 Å². The molecule has 1 N–H and O–H groups in total. The van der Waals surface area contributed by atoms with Gasteiger partial charge in [0.25, 0.3) is 0 Å². The summed E-state index contributed by atoms with van der Waals surface area (Å²) in [6.07, 6.45) is 3.11. The summed E-state index contributed by atoms with van der Waals surface area (Å²) in [5.41, 5.74) is 4.57. The van der Waals surface area contributed by atoms with E-state index in [4.69, 9.17) is 19.2 Å². The first-order valence-electron chi connectivity index (χ1n) is 10.8. The zero-order chi connectivity index (χ0) is 24.9. The average molecular weight is 491 g/mol. The predicted molar refractivity (Wildman–Crippen MR) is 138 cm³/mol. The molecule has 0 aliphatic rings. The monoisotopic (exact) mass is 490 g/mol. The van der Waals surface area contributed by atoms with Gasteiger partial charge in [0, 0.05) is 23.1 Å². The molecule has 2 aromatic heterocycles. The second-order valence-electron chi connectivity index (χ2n) is 7.75. The third-order valence-corrected chi connectivity index (χ3v) is 6.03. The molecule has 1 amide bonds. The Morgan fingerprint density at radius 3 is 2.31 bits per heavy atom. The number of carbonyl (C=O) groups excluding carboxylic acids is 1. The van der Waals surface area contributed by atoms with Crippen molar-refractivity contribution in [2.24, 2.45) is 0 Å². The summed E-state index contributed by atoms with van der Waals surface area (Å²) in [6.45, 7) is 3.92. The van der Waals surface area contributed by atoms with Crippen LogP contribution >= 0.6 is 11.3 Å². The van der Waals surface area contributed by atoms with Gasteiger partial charge < -0.3 is 19.5 Å². The highest BCUT2D eigenvalue weighted by molar-refractivity contribution is 7.12. The van der Waals surface area contributed by atoms with E-state index in [0.717, 1.165) is 22.5 Å². The van der Waals surface area contributed by atoms with Crippen LogP contribution in [0.1, 0.15) is 16.8 Å². The number of thiazole rings is 1. The summed E-state index contributed by atoms with van der Waals surface area (Å²) in [5.74, 6) is 1.73. The summed E-state index contributed by atoms with van der Waals surface area (Å²) in [4.78, 5) is 17.4. The molecule has 8 nitrogen and oxygen atoms in total. The van der Waals surface area contributed by atoms with E-state index in [0.29, 0.717) is 28.2 Å². The predicted octanol–water partition coefficient (Wildman–Crippen LogP) is 5.29. The number of ether oxygens (including phenoxy) is 3. The zero-order valence-electron chi connectivity index (χ0n) is 20.2. The molecule has 9 heteroatoms. The van der Waals surface area contributed by atoms with Gasteiger partial charge in [0.1, 0.15) is 5.82 Å². The molecule has 0 aliphatic carbocycles. The number of nitrogens with zero attached hydrogens (tertiary/aromatic N) is 3. The molecule has 35 heavy (non-hydrogen) atoms. The van der Waals surface area contributed by atoms with Crippen LogP contribution in [0.2, 0.25) is 0 Å². The number of aryl methyl sites for hydroxylation is 2. The first kappa shape index (κ1) is 24.0. The van der Waals surface area contributed by atoms with E-state index in [1.54, 1.807) is 50.3 Å². The Hall–Kier alpha value is -4.11. The SMILES string of the molecule is COc1cc(/C=C/C(=O)Nc2cc(C)nn2-c2nc(-c3ccc(C)cc3)cs2)cc(OC)c1OC. The van der Waals surface area contributed by atoms with Gasteiger partial charge in [0.15, 0.2) is 11.5 Å². The number of anilines is 1. The van der Waals surface area contributed by atoms with Crippen LogP contribution in [0.15, 0.2) is 53.9 Å². The number of hydrogen-bond acceptors (Lipinski definition) is 7. The van der Waals surface area contributed by atoms with Gasteiger partial charge in [0.2, 0.25) is 16.8 Å². The number of rotatable bonds is 8. The fraction of sp³-hybridized carbons (Fsp3) is 0.192. The van der Waals surface area contributed by atoms with Crippen LogP contribution in [0.4, 0.5) is 5.82 Å². The second-order valence-corrected chi connectivity index (χ2v) is 8.58. The summed E-state index contributed by atoms with van der Waals surface area (Å²) in [5, 5.41) is 10.1. The van der Waals surface area contributed by atoms with E-state index in [1.807, 2.05) is 31.4 Å². The second kappa shape index (κ2) is 10.4. The minimum absolute atomic E-state index is 0.310. The molecular weight excluding hydrogens is 464 g/mol. The van der Waals surface area contributed by atoms with Crippen LogP contribution in [-0.2, 0) is 4.79 Å². The van der Waals surface area contributed by atoms with E-state index in [1.165, 1.54) is 23.0 Å². The molecule has 4 rings (SSSR count). The molecule has 0 fully saturated rings. The molecule has 180 valence electrons. The maximum atomic E-state index is 12.7. The number of aromatic nitrogens is 3. The number of nitrogens with one attached hydrogen (secondary N) is 1. The molecule has 0 radical (unpaired) electrons. The minimum Gasteiger partial charge on any atom is -0.493 e. The molecule has 0 saturated carbocycles. The Balaban J connectivity index is 1.54. The zero-order valence-corrected chi connectivity index (χ0v) is 21.0. The van der Waals surface area contributed by atoms with Crippen LogP contribution in [0.5, 0.6) is 17.2 Å². The molecule has 0 spiro atoms. The maximum Gasteiger partial charge on any atom is 0.249 e. The van der Waals surface area contributed by atoms with E-state index in [9.17, 15) is 4.79 Å². The van der Waals surface area contributed by atoms with Crippen LogP contribution in [-0.4, -0.2) is 42.0 Å². The Morgan fingerprint density at radius 2 is 1.69 bits per heavy atom. The van der Waals surface area contributed by atoms with Gasteiger partial charge in [-0.15, -0.1) is 11.3 Å². The van der Waals surface area contributed by atoms with Crippen molar-refractivity contribution in [3.05, 3.63) is 70.7 Å². The number of hydrogen-bond donors (Lipinski definition) is 1. The molecule has 0 bridgehead atoms. The normalized spacial score (nSPS) is 11.0. The van der Waals surface area contributed by atoms with Crippen LogP contribution in [0.3, 0.4) is 0 Å². The molecule has 0 atom stereocenters. The van der Waals surface area contributed by atoms with Gasteiger partial charge in [-0.2, -0.15) is 9.78 Å². The van der Waals surface area contributed by atoms with Crippen molar-refractivity contribution in [1.29, 1.82) is 0 Å². The summed E-state index contributed by atoms with van der Waals surface area (Å²) in [7, 11) is 4.63. The Labute approximate surface area is 207 Å². The van der Waals surface area contributed by atoms with Crippen molar-refractivity contribution in [2.45, 2.75) is 13.8 Å². The third kappa shape index (κ3) is 5.36. The van der Waals surface area contributed by atoms with Crippen LogP contribution in [0, 0.1) is 13.8 Å². The Morgan fingerprint density at radius 1 is 1.00 bits per heavy atom. The number of carbonyl (C=O) groups is 1. The minimum atomic E-state index is -0.310. The van der Waals surface area contributed by atoms with E-state index in [-0.39, 0.29) is 5.91 Å². The Kier molecular flexibility index (Phi) is 7.17. The average Bonchev–Trinajstić information content (AvgIpc) is 3.49. The van der Waals surface area contributed by atoms with Gasteiger partial charge in [-0.05, 0) is 37.6 Å². The molecule has 0 saturated heterocycles. The van der Waals surface area contributed by atoms with Gasteiger partial charge in [-0.3, -0.25) is 4.79 Å². The lowest BCUT2D eigenvalue weighted by Gasteiger charge is -2.12. The topological polar surface area (TPSA) is 87.5 Å². The summed E-state index contributed by atoms with van der Waals surface area (Å²) < 4.78 is 17.7. The largest absolute Gasteiger partial charge is 0.493 e. The number of benzene rings is 2. The van der Waals surface area contributed by atoms with Crippen LogP contribution in [0.25, 0.3) is 22.5 Å². The summed E-state index contributed by atoms with van der Waals surface area (Å²) >= 11 is 1.46. The highest BCUT2D eigenvalue weighted by atomic mass is 32.1. The fourth-order valence-electron chi connectivity index (χ4n) is 3.49. The van der Waals surface area contributed by atoms with Gasteiger partial charge in [0.05, 0.1) is 32.7 Å². The molecule has 0 aliphatic heterocycles. The maximum absolute atomic E-state index is 12.7. The highest BCUT2D eigenvalue weighted by Gasteiger charge is 2.15. The van der Waals surface area contributed by atoms with Crippen molar-refractivity contribution >= 4 is 29.1 Å². The van der Waals surface area contributed by atoms with Gasteiger partial charge >= 0.3 is 0 Å². The van der Waals surface area contributed by atoms with Gasteiger partial charge in [-0.1, -0.05) is 29.8 Å². The lowest BCUT2D eigenvalue weighted by atomic mass is 10.1. The first-order chi connectivity index (χ1) is 16.9. The lowest BCUT2D eigenvalue weighted by Crippen LogP contribution is -2.12. The molecule has 0 unspecified atom stereocenters. The van der Waals surface area contributed by atoms with Crippen molar-refractivity contribution in [3.8, 4) is 33.6 Å². The number of amides is 1. The standard InChI is InChI=1S/C26H26N4O4S/c1-16-6-9-19(10-7-16)20-15-35-26(27-20)30-23(12-17(2)29-30)28-24(31)11-8-18-13-21(32-3)25(34-5)22(14-18)33-4/h6-15H,1-5H3,(H,28,31)/b11-8+. The van der Waals surface area contributed by atoms with E-state index < -0.39 is 0 Å². The van der Waals surface area contributed by atoms with Crippen molar-refractivity contribution < 1.29 is 19.0 Å². The molecule has 2 aromatic carbocycles. The van der Waals surface area contributed by atoms with Crippen molar-refractivity contribution in [2.75, 3.05) is 26.6 Å². The third-order valence-electron chi connectivity index (χ3n) is 5.22. The van der Waals surface area contributed by atoms with Gasteiger partial charge in [-0.25, -0.2) is 4.98 Å². The summed E-state index contributed by atoms with van der Waals surface area (Å²) in [6, 6.07) is 13.5. The smallest absolute Gasteiger partial charge is 0.249 e. The molecule has 2 heterocycles. The molecule has 4 aromatic rings. The van der Waals surface area contributed by atoms with Crippen LogP contribution < -0.4 is 19.5 Å². The fourth-order valence-corrected chi connectivity index (χ4v) is 4.29. The van der Waals surface area contributed by atoms with E-state index >= 15 is 0 Å². The molecular formula is C26H26N4O4S. The van der Waals surface area contributed by atoms with Crippen molar-refractivity contribution in [3.63, 3.8) is 0 Å². The Bertz CT molecular complexity index is 1350. The lowest BCUT2D eigenvalue weighted by molar-refractivity contribution is -0.111. The van der Waals surface area contributed by atoms with Crippen molar-refractivity contribution in [1.82, 2.24) is 14.8 Å². The first-order valence-corrected chi connectivity index (χ1v) is 11.7.